The number of ether oxygens (including phenoxy) is 1. The van der Waals surface area contributed by atoms with Gasteiger partial charge in [0.05, 0.1) is 11.6 Å². The molecule has 8 nitrogen and oxygen atoms in total. The van der Waals surface area contributed by atoms with Crippen LogP contribution in [0.3, 0.4) is 0 Å². The summed E-state index contributed by atoms with van der Waals surface area (Å²) in [6, 6.07) is 25.9. The van der Waals surface area contributed by atoms with Crippen molar-refractivity contribution in [1.82, 2.24) is 10.2 Å². The van der Waals surface area contributed by atoms with Crippen LogP contribution < -0.4 is 9.64 Å². The highest BCUT2D eigenvalue weighted by molar-refractivity contribution is 8.00. The van der Waals surface area contributed by atoms with E-state index in [0.717, 1.165) is 22.5 Å². The van der Waals surface area contributed by atoms with Gasteiger partial charge < -0.3 is 14.9 Å². The third-order valence-electron chi connectivity index (χ3n) is 7.32. The van der Waals surface area contributed by atoms with E-state index in [0.29, 0.717) is 39.1 Å². The number of aliphatic hydroxyl groups excluding tert-OH is 1. The Balaban J connectivity index is 1.31. The van der Waals surface area contributed by atoms with Gasteiger partial charge in [0.1, 0.15) is 29.7 Å². The predicted molar refractivity (Wildman–Crippen MR) is 171 cm³/mol. The van der Waals surface area contributed by atoms with Crippen molar-refractivity contribution >= 4 is 45.7 Å². The number of anilines is 1. The first-order valence-corrected chi connectivity index (χ1v) is 15.7. The average Bonchev–Trinajstić information content (AvgIpc) is 3.62. The molecule has 0 spiro atoms. The number of amides is 1. The molecule has 4 aromatic carbocycles. The lowest BCUT2D eigenvalue weighted by atomic mass is 9.95. The van der Waals surface area contributed by atoms with E-state index in [-0.39, 0.29) is 28.0 Å². The zero-order valence-corrected chi connectivity index (χ0v) is 25.5. The van der Waals surface area contributed by atoms with Crippen LogP contribution in [0.1, 0.15) is 33.9 Å². The molecule has 0 saturated carbocycles. The van der Waals surface area contributed by atoms with Crippen LogP contribution in [-0.2, 0) is 21.9 Å². The van der Waals surface area contributed by atoms with Crippen LogP contribution in [-0.4, -0.2) is 32.1 Å². The number of carbonyl (C=O) groups excluding carboxylic acids is 2. The van der Waals surface area contributed by atoms with Crippen molar-refractivity contribution in [2.24, 2.45) is 0 Å². The number of thioether (sulfide) groups is 1. The van der Waals surface area contributed by atoms with Crippen molar-refractivity contribution < 1.29 is 28.9 Å². The third-order valence-corrected chi connectivity index (χ3v) is 9.43. The average molecular weight is 640 g/mol. The highest BCUT2D eigenvalue weighted by Crippen LogP contribution is 2.44. The number of nitrogens with zero attached hydrogens (tertiary/aromatic N) is 3. The Bertz CT molecular complexity index is 1930. The van der Waals surface area contributed by atoms with E-state index >= 15 is 0 Å². The quantitative estimate of drug-likeness (QED) is 0.0573. The summed E-state index contributed by atoms with van der Waals surface area (Å²) in [6.45, 7) is 2.37. The lowest BCUT2D eigenvalue weighted by Crippen LogP contribution is -2.29. The maximum atomic E-state index is 14.1. The minimum atomic E-state index is -1.09. The molecule has 0 radical (unpaired) electrons. The molecule has 2 N–H and O–H groups in total. The lowest BCUT2D eigenvalue weighted by Gasteiger charge is -2.22. The zero-order valence-electron chi connectivity index (χ0n) is 23.9. The van der Waals surface area contributed by atoms with Crippen LogP contribution in [0.5, 0.6) is 11.5 Å². The SMILES string of the molecule is Cc1ccccc1COc1ccc(/C(O)=C2\C(=O)C(=O)N(c3nnc(SCc4ccccc4F)s3)C2c2cccc(O)c2)cc1. The van der Waals surface area contributed by atoms with Gasteiger partial charge in [0.15, 0.2) is 4.34 Å². The number of phenolic OH excluding ortho intramolecular Hbond substituents is 1. The largest absolute Gasteiger partial charge is 0.508 e. The molecule has 226 valence electrons. The van der Waals surface area contributed by atoms with Gasteiger partial charge in [-0.05, 0) is 71.6 Å². The van der Waals surface area contributed by atoms with E-state index in [4.69, 9.17) is 4.74 Å². The molecular formula is C34H26FN3O5S2. The van der Waals surface area contributed by atoms with Gasteiger partial charge in [0.25, 0.3) is 5.78 Å². The molecule has 1 atom stereocenters. The van der Waals surface area contributed by atoms with E-state index < -0.39 is 17.7 Å². The van der Waals surface area contributed by atoms with Gasteiger partial charge in [-0.1, -0.05) is 77.7 Å². The number of hydrogen-bond acceptors (Lipinski definition) is 9. The fourth-order valence-electron chi connectivity index (χ4n) is 4.95. The number of carbonyl (C=O) groups is 2. The van der Waals surface area contributed by atoms with E-state index in [1.165, 1.54) is 34.9 Å². The summed E-state index contributed by atoms with van der Waals surface area (Å²) in [5.41, 5.74) is 3.18. The van der Waals surface area contributed by atoms with Crippen LogP contribution in [0.25, 0.3) is 5.76 Å². The molecule has 1 aliphatic rings. The lowest BCUT2D eigenvalue weighted by molar-refractivity contribution is -0.132. The molecule has 1 unspecified atom stereocenters. The minimum absolute atomic E-state index is 0.0772. The number of halogens is 1. The van der Waals surface area contributed by atoms with Crippen molar-refractivity contribution in [3.63, 3.8) is 0 Å². The zero-order chi connectivity index (χ0) is 31.5. The Morgan fingerprint density at radius 3 is 2.42 bits per heavy atom. The van der Waals surface area contributed by atoms with Gasteiger partial charge in [-0.3, -0.25) is 14.5 Å². The Morgan fingerprint density at radius 1 is 0.956 bits per heavy atom. The van der Waals surface area contributed by atoms with E-state index in [1.807, 2.05) is 31.2 Å². The second-order valence-corrected chi connectivity index (χ2v) is 12.4. The van der Waals surface area contributed by atoms with Crippen molar-refractivity contribution in [2.75, 3.05) is 4.90 Å². The highest BCUT2D eigenvalue weighted by Gasteiger charge is 2.48. The molecule has 2 heterocycles. The van der Waals surface area contributed by atoms with Crippen LogP contribution >= 0.6 is 23.1 Å². The molecular weight excluding hydrogens is 614 g/mol. The number of Topliss-reactive ketones (excluding diaryl/α,β-unsaturated/α-hetero) is 1. The van der Waals surface area contributed by atoms with E-state index in [2.05, 4.69) is 10.2 Å². The molecule has 1 aliphatic heterocycles. The molecule has 1 amide bonds. The molecule has 1 fully saturated rings. The van der Waals surface area contributed by atoms with Crippen LogP contribution in [0.15, 0.2) is 107 Å². The summed E-state index contributed by atoms with van der Waals surface area (Å²) in [5.74, 6) is -1.74. The van der Waals surface area contributed by atoms with Crippen LogP contribution in [0.4, 0.5) is 9.52 Å². The van der Waals surface area contributed by atoms with Gasteiger partial charge in [-0.15, -0.1) is 10.2 Å². The highest BCUT2D eigenvalue weighted by atomic mass is 32.2. The second kappa shape index (κ2) is 12.9. The first-order valence-electron chi connectivity index (χ1n) is 13.9. The number of ketones is 1. The summed E-state index contributed by atoms with van der Waals surface area (Å²) < 4.78 is 20.5. The number of hydrogen-bond donors (Lipinski definition) is 2. The van der Waals surface area contributed by atoms with Gasteiger partial charge in [0, 0.05) is 11.3 Å². The molecule has 11 heteroatoms. The van der Waals surface area contributed by atoms with Gasteiger partial charge in [-0.25, -0.2) is 4.39 Å². The van der Waals surface area contributed by atoms with E-state index in [9.17, 15) is 24.2 Å². The molecule has 6 rings (SSSR count). The Hall–Kier alpha value is -5.00. The number of benzene rings is 4. The number of aliphatic hydroxyl groups is 1. The molecule has 1 aromatic heterocycles. The smallest absolute Gasteiger partial charge is 0.301 e. The van der Waals surface area contributed by atoms with Crippen molar-refractivity contribution in [3.8, 4) is 11.5 Å². The van der Waals surface area contributed by atoms with Gasteiger partial charge >= 0.3 is 5.91 Å². The van der Waals surface area contributed by atoms with Crippen molar-refractivity contribution in [2.45, 2.75) is 29.7 Å². The minimum Gasteiger partial charge on any atom is -0.508 e. The summed E-state index contributed by atoms with van der Waals surface area (Å²) in [7, 11) is 0. The van der Waals surface area contributed by atoms with E-state index in [1.54, 1.807) is 54.6 Å². The van der Waals surface area contributed by atoms with Crippen molar-refractivity contribution in [1.29, 1.82) is 0 Å². The Morgan fingerprint density at radius 2 is 1.69 bits per heavy atom. The number of rotatable bonds is 9. The number of aromatic nitrogens is 2. The maximum absolute atomic E-state index is 14.1. The summed E-state index contributed by atoms with van der Waals surface area (Å²) in [4.78, 5) is 28.2. The molecule has 1 saturated heterocycles. The van der Waals surface area contributed by atoms with Crippen LogP contribution in [0, 0.1) is 12.7 Å². The molecule has 0 bridgehead atoms. The maximum Gasteiger partial charge on any atom is 0.301 e. The topological polar surface area (TPSA) is 113 Å². The number of phenols is 1. The monoisotopic (exact) mass is 639 g/mol. The molecule has 45 heavy (non-hydrogen) atoms. The number of aromatic hydroxyl groups is 1. The summed E-state index contributed by atoms with van der Waals surface area (Å²) in [6.07, 6.45) is 0. The fourth-order valence-corrected chi connectivity index (χ4v) is 6.80. The summed E-state index contributed by atoms with van der Waals surface area (Å²) in [5, 5.41) is 30.2. The predicted octanol–water partition coefficient (Wildman–Crippen LogP) is 7.19. The first-order chi connectivity index (χ1) is 21.8. The van der Waals surface area contributed by atoms with Gasteiger partial charge in [0.2, 0.25) is 5.13 Å². The molecule has 0 aliphatic carbocycles. The Labute approximate surface area is 266 Å². The fraction of sp³-hybridized carbons (Fsp3) is 0.118. The normalized spacial score (nSPS) is 15.9. The number of aryl methyl sites for hydroxylation is 1. The standard InChI is InChI=1S/C34H26FN3O5S2/c1-20-7-2-3-8-23(20)18-43-26-15-13-21(14-16-26)30(40)28-29(22-10-6-11-25(39)17-22)38(32(42)31(28)41)33-36-37-34(45-33)44-19-24-9-4-5-12-27(24)35/h2-17,29,39-40H,18-19H2,1H3/b30-28+. The first kappa shape index (κ1) is 30.0. The molecule has 5 aromatic rings. The van der Waals surface area contributed by atoms with Crippen molar-refractivity contribution in [3.05, 3.63) is 136 Å². The van der Waals surface area contributed by atoms with Crippen LogP contribution in [0.2, 0.25) is 0 Å². The Kier molecular flexibility index (Phi) is 8.63. The van der Waals surface area contributed by atoms with Gasteiger partial charge in [-0.2, -0.15) is 0 Å². The third kappa shape index (κ3) is 6.31. The second-order valence-electron chi connectivity index (χ2n) is 10.2. The summed E-state index contributed by atoms with van der Waals surface area (Å²) >= 11 is 2.31.